The minimum atomic E-state index is -0.585. The van der Waals surface area contributed by atoms with Crippen LogP contribution in [0.4, 0.5) is 5.69 Å². The maximum Gasteiger partial charge on any atom is 0.314 e. The van der Waals surface area contributed by atoms with E-state index in [0.717, 1.165) is 0 Å². The van der Waals surface area contributed by atoms with Crippen LogP contribution in [0, 0.1) is 15.5 Å². The molecule has 0 aliphatic carbocycles. The van der Waals surface area contributed by atoms with Gasteiger partial charge in [0.15, 0.2) is 11.9 Å². The zero-order chi connectivity index (χ0) is 13.7. The molecule has 0 aliphatic rings. The lowest BCUT2D eigenvalue weighted by molar-refractivity contribution is -0.385. The molecule has 1 atom stereocenters. The first-order valence-electron chi connectivity index (χ1n) is 5.32. The van der Waals surface area contributed by atoms with E-state index in [1.165, 1.54) is 25.3 Å². The standard InChI is InChI=1S/C11H15N3O4/c1-3-9(11(12)13)18-7-4-5-10(17-2)8(6-7)14(15)16/h4-6,9H,3H2,1-2H3,(H3,12,13). The van der Waals surface area contributed by atoms with E-state index < -0.39 is 11.0 Å². The lowest BCUT2D eigenvalue weighted by atomic mass is 10.2. The van der Waals surface area contributed by atoms with Gasteiger partial charge in [0.1, 0.15) is 11.6 Å². The van der Waals surface area contributed by atoms with Gasteiger partial charge in [0.05, 0.1) is 18.1 Å². The van der Waals surface area contributed by atoms with Gasteiger partial charge in [0, 0.05) is 0 Å². The van der Waals surface area contributed by atoms with Crippen LogP contribution in [0.1, 0.15) is 13.3 Å². The fraction of sp³-hybridized carbons (Fsp3) is 0.364. The number of ether oxygens (including phenoxy) is 2. The van der Waals surface area contributed by atoms with E-state index in [-0.39, 0.29) is 23.0 Å². The van der Waals surface area contributed by atoms with Crippen LogP contribution in [-0.2, 0) is 0 Å². The Bertz CT molecular complexity index is 462. The summed E-state index contributed by atoms with van der Waals surface area (Å²) in [6.07, 6.45) is -0.0761. The summed E-state index contributed by atoms with van der Waals surface area (Å²) in [7, 11) is 1.35. The highest BCUT2D eigenvalue weighted by Crippen LogP contribution is 2.31. The van der Waals surface area contributed by atoms with Gasteiger partial charge in [-0.05, 0) is 18.6 Å². The zero-order valence-electron chi connectivity index (χ0n) is 10.2. The number of nitro groups is 1. The molecule has 0 fully saturated rings. The highest BCUT2D eigenvalue weighted by atomic mass is 16.6. The quantitative estimate of drug-likeness (QED) is 0.347. The van der Waals surface area contributed by atoms with Gasteiger partial charge in [-0.2, -0.15) is 0 Å². The summed E-state index contributed by atoms with van der Waals surface area (Å²) >= 11 is 0. The fourth-order valence-corrected chi connectivity index (χ4v) is 1.42. The van der Waals surface area contributed by atoms with Gasteiger partial charge < -0.3 is 15.2 Å². The summed E-state index contributed by atoms with van der Waals surface area (Å²) in [4.78, 5) is 10.3. The third-order valence-electron chi connectivity index (χ3n) is 2.34. The minimum Gasteiger partial charge on any atom is -0.490 e. The summed E-state index contributed by atoms with van der Waals surface area (Å²) in [6, 6.07) is 4.24. The highest BCUT2D eigenvalue weighted by molar-refractivity contribution is 5.82. The van der Waals surface area contributed by atoms with E-state index in [0.29, 0.717) is 6.42 Å². The number of rotatable bonds is 6. The maximum atomic E-state index is 10.8. The molecule has 3 N–H and O–H groups in total. The van der Waals surface area contributed by atoms with Gasteiger partial charge in [0.25, 0.3) is 0 Å². The van der Waals surface area contributed by atoms with Gasteiger partial charge in [0.2, 0.25) is 0 Å². The molecule has 0 saturated carbocycles. The Kier molecular flexibility index (Phi) is 4.47. The largest absolute Gasteiger partial charge is 0.490 e. The van der Waals surface area contributed by atoms with Crippen LogP contribution in [0.5, 0.6) is 11.5 Å². The molecule has 1 aromatic rings. The van der Waals surface area contributed by atoms with Gasteiger partial charge in [-0.1, -0.05) is 6.92 Å². The molecule has 1 rings (SSSR count). The SMILES string of the molecule is CCC(Oc1ccc(OC)c([N+](=O)[O-])c1)C(=N)N. The van der Waals surface area contributed by atoms with Crippen molar-refractivity contribution >= 4 is 11.5 Å². The summed E-state index contributed by atoms with van der Waals surface area (Å²) in [5, 5.41) is 18.1. The van der Waals surface area contributed by atoms with E-state index in [1.54, 1.807) is 0 Å². The minimum absolute atomic E-state index is 0.115. The molecule has 7 nitrogen and oxygen atoms in total. The number of benzene rings is 1. The molecular weight excluding hydrogens is 238 g/mol. The fourth-order valence-electron chi connectivity index (χ4n) is 1.42. The van der Waals surface area contributed by atoms with Gasteiger partial charge in [-0.15, -0.1) is 0 Å². The maximum absolute atomic E-state index is 10.8. The normalized spacial score (nSPS) is 11.7. The molecule has 18 heavy (non-hydrogen) atoms. The monoisotopic (exact) mass is 253 g/mol. The van der Waals surface area contributed by atoms with Crippen molar-refractivity contribution in [3.8, 4) is 11.5 Å². The number of nitrogens with two attached hydrogens (primary N) is 1. The van der Waals surface area contributed by atoms with Crippen LogP contribution in [0.3, 0.4) is 0 Å². The van der Waals surface area contributed by atoms with Gasteiger partial charge in [-0.25, -0.2) is 0 Å². The van der Waals surface area contributed by atoms with E-state index >= 15 is 0 Å². The lowest BCUT2D eigenvalue weighted by Crippen LogP contribution is -2.32. The summed E-state index contributed by atoms with van der Waals surface area (Å²) < 4.78 is 10.3. The van der Waals surface area contributed by atoms with Crippen molar-refractivity contribution in [2.24, 2.45) is 5.73 Å². The third kappa shape index (κ3) is 3.09. The third-order valence-corrected chi connectivity index (χ3v) is 2.34. The summed E-state index contributed by atoms with van der Waals surface area (Å²) in [5.74, 6) is 0.323. The Balaban J connectivity index is 3.01. The van der Waals surface area contributed by atoms with E-state index in [4.69, 9.17) is 20.6 Å². The number of nitrogens with one attached hydrogen (secondary N) is 1. The topological polar surface area (TPSA) is 111 Å². The Hall–Kier alpha value is -2.31. The number of hydrogen-bond donors (Lipinski definition) is 2. The first-order valence-corrected chi connectivity index (χ1v) is 5.32. The average Bonchev–Trinajstić information content (AvgIpc) is 2.35. The number of hydrogen-bond acceptors (Lipinski definition) is 5. The lowest BCUT2D eigenvalue weighted by Gasteiger charge is -2.16. The molecule has 0 saturated heterocycles. The number of nitrogens with zero attached hydrogens (tertiary/aromatic N) is 1. The zero-order valence-corrected chi connectivity index (χ0v) is 10.2. The molecule has 0 amide bonds. The van der Waals surface area contributed by atoms with E-state index in [2.05, 4.69) is 0 Å². The summed E-state index contributed by atoms with van der Waals surface area (Å²) in [6.45, 7) is 1.81. The predicted molar refractivity (Wildman–Crippen MR) is 66.3 cm³/mol. The average molecular weight is 253 g/mol. The van der Waals surface area contributed by atoms with Crippen molar-refractivity contribution in [1.82, 2.24) is 0 Å². The second-order valence-electron chi connectivity index (χ2n) is 3.56. The van der Waals surface area contributed by atoms with Crippen LogP contribution in [0.2, 0.25) is 0 Å². The molecule has 1 aromatic carbocycles. The van der Waals surface area contributed by atoms with Crippen molar-refractivity contribution in [2.45, 2.75) is 19.4 Å². The number of amidine groups is 1. The van der Waals surface area contributed by atoms with Crippen molar-refractivity contribution in [3.05, 3.63) is 28.3 Å². The molecule has 7 heteroatoms. The molecule has 1 unspecified atom stereocenters. The highest BCUT2D eigenvalue weighted by Gasteiger charge is 2.18. The van der Waals surface area contributed by atoms with Crippen LogP contribution < -0.4 is 15.2 Å². The van der Waals surface area contributed by atoms with Crippen LogP contribution in [-0.4, -0.2) is 24.0 Å². The first kappa shape index (κ1) is 13.8. The Labute approximate surface area is 104 Å². The van der Waals surface area contributed by atoms with Crippen molar-refractivity contribution in [2.75, 3.05) is 7.11 Å². The molecule has 0 radical (unpaired) electrons. The van der Waals surface area contributed by atoms with Crippen LogP contribution in [0.15, 0.2) is 18.2 Å². The molecular formula is C11H15N3O4. The van der Waals surface area contributed by atoms with Crippen molar-refractivity contribution in [1.29, 1.82) is 5.41 Å². The molecule has 98 valence electrons. The molecule has 0 bridgehead atoms. The number of methoxy groups -OCH3 is 1. The second kappa shape index (κ2) is 5.85. The smallest absolute Gasteiger partial charge is 0.314 e. The van der Waals surface area contributed by atoms with Crippen LogP contribution >= 0.6 is 0 Å². The Morgan fingerprint density at radius 2 is 2.28 bits per heavy atom. The predicted octanol–water partition coefficient (Wildman–Crippen LogP) is 1.70. The molecule has 0 spiro atoms. The van der Waals surface area contributed by atoms with Crippen LogP contribution in [0.25, 0.3) is 0 Å². The van der Waals surface area contributed by atoms with Crippen molar-refractivity contribution in [3.63, 3.8) is 0 Å². The molecule has 0 aliphatic heterocycles. The van der Waals surface area contributed by atoms with Crippen molar-refractivity contribution < 1.29 is 14.4 Å². The van der Waals surface area contributed by atoms with Gasteiger partial charge in [-0.3, -0.25) is 15.5 Å². The Morgan fingerprint density at radius 1 is 1.61 bits per heavy atom. The first-order chi connectivity index (χ1) is 8.49. The van der Waals surface area contributed by atoms with Gasteiger partial charge >= 0.3 is 5.69 Å². The molecule has 0 heterocycles. The van der Waals surface area contributed by atoms with E-state index in [9.17, 15) is 10.1 Å². The van der Waals surface area contributed by atoms with E-state index in [1.807, 2.05) is 6.92 Å². The molecule has 0 aromatic heterocycles. The Morgan fingerprint density at radius 3 is 2.72 bits per heavy atom. The second-order valence-corrected chi connectivity index (χ2v) is 3.56. The summed E-state index contributed by atoms with van der Waals surface area (Å²) in [5.41, 5.74) is 5.16. The number of nitro benzene ring substituents is 1.